The fraction of sp³-hybridized carbons (Fsp3) is 0.294. The van der Waals surface area contributed by atoms with Crippen molar-refractivity contribution in [2.24, 2.45) is 0 Å². The summed E-state index contributed by atoms with van der Waals surface area (Å²) >= 11 is 0. The van der Waals surface area contributed by atoms with E-state index in [4.69, 9.17) is 4.52 Å². The molecule has 0 saturated heterocycles. The Hall–Kier alpha value is -1.37. The molecular weight excluding hydrogens is 267 g/mol. The molecular formula is C17H21O2P. The Bertz CT molecular complexity index is 550. The molecule has 2 aromatic carbocycles. The molecule has 0 aliphatic rings. The lowest BCUT2D eigenvalue weighted by Crippen LogP contribution is -2.18. The molecule has 2 nitrogen and oxygen atoms in total. The molecule has 0 aromatic heterocycles. The molecule has 0 saturated carbocycles. The summed E-state index contributed by atoms with van der Waals surface area (Å²) in [5.74, 6) is 0. The topological polar surface area (TPSA) is 26.3 Å². The normalized spacial score (nSPS) is 11.6. The molecule has 20 heavy (non-hydrogen) atoms. The molecule has 0 heterocycles. The Balaban J connectivity index is 2.47. The quantitative estimate of drug-likeness (QED) is 0.778. The van der Waals surface area contributed by atoms with E-state index in [9.17, 15) is 4.57 Å². The molecule has 0 fully saturated rings. The van der Waals surface area contributed by atoms with Crippen molar-refractivity contribution in [1.82, 2.24) is 0 Å². The Morgan fingerprint density at radius 1 is 0.850 bits per heavy atom. The highest BCUT2D eigenvalue weighted by Gasteiger charge is 2.28. The van der Waals surface area contributed by atoms with Gasteiger partial charge >= 0.3 is 0 Å². The molecule has 0 aliphatic carbocycles. The second kappa shape index (κ2) is 6.39. The summed E-state index contributed by atoms with van der Waals surface area (Å²) in [5.41, 5.74) is 2.30. The zero-order valence-electron chi connectivity index (χ0n) is 12.3. The van der Waals surface area contributed by atoms with Crippen molar-refractivity contribution in [3.63, 3.8) is 0 Å². The molecule has 0 radical (unpaired) electrons. The van der Waals surface area contributed by atoms with E-state index in [0.717, 1.165) is 28.2 Å². The van der Waals surface area contributed by atoms with Gasteiger partial charge < -0.3 is 4.52 Å². The molecule has 0 unspecified atom stereocenters. The average molecular weight is 288 g/mol. The number of rotatable bonds is 5. The summed E-state index contributed by atoms with van der Waals surface area (Å²) in [6, 6.07) is 15.5. The van der Waals surface area contributed by atoms with Crippen LogP contribution in [-0.4, -0.2) is 6.61 Å². The Kier molecular flexibility index (Phi) is 4.80. The second-order valence-electron chi connectivity index (χ2n) is 5.06. The molecule has 0 spiro atoms. The molecule has 3 heteroatoms. The highest BCUT2D eigenvalue weighted by atomic mass is 31.2. The standard InChI is InChI=1S/C17H21O2P/c1-4-13-19-20(18,16-9-5-14(2)6-10-16)17-11-7-15(3)8-12-17/h5-12H,4,13H2,1-3H3. The largest absolute Gasteiger partial charge is 0.322 e. The lowest BCUT2D eigenvalue weighted by Gasteiger charge is -2.19. The highest BCUT2D eigenvalue weighted by Crippen LogP contribution is 2.44. The van der Waals surface area contributed by atoms with Gasteiger partial charge in [-0.1, -0.05) is 42.3 Å². The first-order chi connectivity index (χ1) is 9.56. The van der Waals surface area contributed by atoms with E-state index in [1.807, 2.05) is 69.3 Å². The fourth-order valence-corrected chi connectivity index (χ4v) is 4.12. The monoisotopic (exact) mass is 288 g/mol. The van der Waals surface area contributed by atoms with Crippen LogP contribution in [0.1, 0.15) is 24.5 Å². The maximum atomic E-state index is 13.4. The maximum absolute atomic E-state index is 13.4. The van der Waals surface area contributed by atoms with Gasteiger partial charge in [0.25, 0.3) is 7.37 Å². The van der Waals surface area contributed by atoms with E-state index in [-0.39, 0.29) is 0 Å². The molecule has 2 aromatic rings. The summed E-state index contributed by atoms with van der Waals surface area (Å²) in [4.78, 5) is 0. The van der Waals surface area contributed by atoms with Gasteiger partial charge in [0.15, 0.2) is 0 Å². The van der Waals surface area contributed by atoms with Crippen LogP contribution in [0.5, 0.6) is 0 Å². The predicted molar refractivity (Wildman–Crippen MR) is 85.5 cm³/mol. The number of hydrogen-bond donors (Lipinski definition) is 0. The zero-order valence-corrected chi connectivity index (χ0v) is 13.2. The summed E-state index contributed by atoms with van der Waals surface area (Å²) in [7, 11) is -2.98. The summed E-state index contributed by atoms with van der Waals surface area (Å²) in [6.07, 6.45) is 0.849. The summed E-state index contributed by atoms with van der Waals surface area (Å²) in [6.45, 7) is 6.56. The van der Waals surface area contributed by atoms with Gasteiger partial charge in [0, 0.05) is 10.6 Å². The van der Waals surface area contributed by atoms with E-state index in [2.05, 4.69) is 0 Å². The zero-order chi connectivity index (χ0) is 14.6. The summed E-state index contributed by atoms with van der Waals surface area (Å²) in [5, 5.41) is 1.53. The van der Waals surface area contributed by atoms with Crippen LogP contribution in [0, 0.1) is 13.8 Å². The first-order valence-electron chi connectivity index (χ1n) is 6.95. The minimum Gasteiger partial charge on any atom is -0.322 e. The maximum Gasteiger partial charge on any atom is 0.261 e. The lowest BCUT2D eigenvalue weighted by molar-refractivity contribution is 0.326. The van der Waals surface area contributed by atoms with Crippen LogP contribution in [0.25, 0.3) is 0 Å². The predicted octanol–water partition coefficient (Wildman–Crippen LogP) is 3.96. The molecule has 0 amide bonds. The van der Waals surface area contributed by atoms with Crippen molar-refractivity contribution >= 4 is 18.0 Å². The van der Waals surface area contributed by atoms with Gasteiger partial charge in [-0.05, 0) is 44.5 Å². The van der Waals surface area contributed by atoms with Crippen molar-refractivity contribution in [3.8, 4) is 0 Å². The van der Waals surface area contributed by atoms with Crippen LogP contribution in [0.2, 0.25) is 0 Å². The Morgan fingerprint density at radius 2 is 1.25 bits per heavy atom. The highest BCUT2D eigenvalue weighted by molar-refractivity contribution is 7.74. The third kappa shape index (κ3) is 3.20. The van der Waals surface area contributed by atoms with Gasteiger partial charge in [-0.3, -0.25) is 4.57 Å². The number of aryl methyl sites for hydroxylation is 2. The third-order valence-electron chi connectivity index (χ3n) is 3.22. The van der Waals surface area contributed by atoms with Crippen LogP contribution in [0.15, 0.2) is 48.5 Å². The average Bonchev–Trinajstić information content (AvgIpc) is 2.46. The number of hydrogen-bond acceptors (Lipinski definition) is 2. The molecule has 0 N–H and O–H groups in total. The molecule has 0 bridgehead atoms. The van der Waals surface area contributed by atoms with E-state index in [1.165, 1.54) is 0 Å². The van der Waals surface area contributed by atoms with Gasteiger partial charge in [-0.2, -0.15) is 0 Å². The van der Waals surface area contributed by atoms with E-state index in [0.29, 0.717) is 6.61 Å². The van der Waals surface area contributed by atoms with Crippen molar-refractivity contribution in [2.45, 2.75) is 27.2 Å². The summed E-state index contributed by atoms with van der Waals surface area (Å²) < 4.78 is 19.2. The van der Waals surface area contributed by atoms with Crippen LogP contribution in [0.4, 0.5) is 0 Å². The molecule has 2 rings (SSSR count). The minimum atomic E-state index is -2.98. The van der Waals surface area contributed by atoms with E-state index >= 15 is 0 Å². The van der Waals surface area contributed by atoms with Crippen molar-refractivity contribution < 1.29 is 9.09 Å². The van der Waals surface area contributed by atoms with Gasteiger partial charge in [-0.15, -0.1) is 0 Å². The second-order valence-corrected chi connectivity index (χ2v) is 7.45. The Labute approximate surface area is 121 Å². The molecule has 106 valence electrons. The van der Waals surface area contributed by atoms with Crippen LogP contribution in [0.3, 0.4) is 0 Å². The van der Waals surface area contributed by atoms with Crippen molar-refractivity contribution in [1.29, 1.82) is 0 Å². The van der Waals surface area contributed by atoms with Crippen LogP contribution < -0.4 is 10.6 Å². The lowest BCUT2D eigenvalue weighted by atomic mass is 10.2. The first kappa shape index (κ1) is 15.0. The van der Waals surface area contributed by atoms with Crippen LogP contribution in [-0.2, 0) is 9.09 Å². The van der Waals surface area contributed by atoms with Crippen molar-refractivity contribution in [3.05, 3.63) is 59.7 Å². The number of benzene rings is 2. The SMILES string of the molecule is CCCOP(=O)(c1ccc(C)cc1)c1ccc(C)cc1. The van der Waals surface area contributed by atoms with E-state index < -0.39 is 7.37 Å². The van der Waals surface area contributed by atoms with Gasteiger partial charge in [0.1, 0.15) is 0 Å². The fourth-order valence-electron chi connectivity index (χ4n) is 2.00. The molecule has 0 aliphatic heterocycles. The minimum absolute atomic E-state index is 0.499. The van der Waals surface area contributed by atoms with Gasteiger partial charge in [-0.25, -0.2) is 0 Å². The smallest absolute Gasteiger partial charge is 0.261 e. The van der Waals surface area contributed by atoms with E-state index in [1.54, 1.807) is 0 Å². The third-order valence-corrected chi connectivity index (χ3v) is 5.73. The molecule has 0 atom stereocenters. The van der Waals surface area contributed by atoms with Crippen LogP contribution >= 0.6 is 7.37 Å². The Morgan fingerprint density at radius 3 is 1.60 bits per heavy atom. The van der Waals surface area contributed by atoms with Crippen molar-refractivity contribution in [2.75, 3.05) is 6.61 Å². The van der Waals surface area contributed by atoms with Gasteiger partial charge in [0.2, 0.25) is 0 Å². The van der Waals surface area contributed by atoms with Gasteiger partial charge in [0.05, 0.1) is 6.61 Å². The first-order valence-corrected chi connectivity index (χ1v) is 8.58.